The first-order valence-electron chi connectivity index (χ1n) is 5.88. The maximum absolute atomic E-state index is 13.3. The lowest BCUT2D eigenvalue weighted by Crippen LogP contribution is -1.91. The molecule has 0 unspecified atom stereocenters. The molecule has 7 heteroatoms. The van der Waals surface area contributed by atoms with Crippen LogP contribution in [0, 0.1) is 5.82 Å². The number of halogens is 3. The maximum Gasteiger partial charge on any atom is 0.260 e. The summed E-state index contributed by atoms with van der Waals surface area (Å²) in [5, 5.41) is 4.74. The highest BCUT2D eigenvalue weighted by atomic mass is 35.5. The summed E-state index contributed by atoms with van der Waals surface area (Å²) >= 11 is 11.9. The van der Waals surface area contributed by atoms with Crippen molar-refractivity contribution in [2.45, 2.75) is 0 Å². The Hall–Kier alpha value is -2.11. The number of anilines is 1. The van der Waals surface area contributed by atoms with E-state index in [1.54, 1.807) is 18.2 Å². The number of benzene rings is 2. The monoisotopic (exact) mass is 323 g/mol. The van der Waals surface area contributed by atoms with Crippen LogP contribution in [0.5, 0.6) is 0 Å². The zero-order valence-corrected chi connectivity index (χ0v) is 12.0. The van der Waals surface area contributed by atoms with E-state index in [1.165, 1.54) is 18.2 Å². The Morgan fingerprint density at radius 2 is 1.76 bits per heavy atom. The molecule has 0 saturated carbocycles. The van der Waals surface area contributed by atoms with E-state index in [1.807, 2.05) is 0 Å². The Bertz CT molecular complexity index is 799. The minimum Gasteiger partial charge on any atom is -0.398 e. The third-order valence-corrected chi connectivity index (χ3v) is 3.23. The van der Waals surface area contributed by atoms with E-state index in [-0.39, 0.29) is 11.7 Å². The van der Waals surface area contributed by atoms with Crippen LogP contribution in [0.25, 0.3) is 22.8 Å². The fourth-order valence-corrected chi connectivity index (χ4v) is 2.37. The Morgan fingerprint density at radius 1 is 1.05 bits per heavy atom. The van der Waals surface area contributed by atoms with Crippen molar-refractivity contribution in [2.75, 3.05) is 5.73 Å². The van der Waals surface area contributed by atoms with Crippen molar-refractivity contribution in [1.82, 2.24) is 10.1 Å². The molecule has 2 N–H and O–H groups in total. The summed E-state index contributed by atoms with van der Waals surface area (Å²) in [4.78, 5) is 4.19. The van der Waals surface area contributed by atoms with Gasteiger partial charge in [0.15, 0.2) is 0 Å². The number of nitrogens with two attached hydrogens (primary N) is 1. The van der Waals surface area contributed by atoms with E-state index in [0.29, 0.717) is 26.9 Å². The lowest BCUT2D eigenvalue weighted by atomic mass is 10.1. The number of hydrogen-bond acceptors (Lipinski definition) is 4. The van der Waals surface area contributed by atoms with Crippen LogP contribution in [0.2, 0.25) is 10.0 Å². The molecule has 0 aliphatic rings. The molecule has 21 heavy (non-hydrogen) atoms. The van der Waals surface area contributed by atoms with Gasteiger partial charge in [-0.05, 0) is 36.4 Å². The summed E-state index contributed by atoms with van der Waals surface area (Å²) in [7, 11) is 0. The lowest BCUT2D eigenvalue weighted by molar-refractivity contribution is 0.432. The minimum absolute atomic E-state index is 0.123. The second-order valence-corrected chi connectivity index (χ2v) is 5.19. The van der Waals surface area contributed by atoms with Gasteiger partial charge < -0.3 is 10.3 Å². The third kappa shape index (κ3) is 2.84. The van der Waals surface area contributed by atoms with Crippen molar-refractivity contribution in [3.63, 3.8) is 0 Å². The molecule has 0 spiro atoms. The standard InChI is InChI=1S/C14H8Cl2FN3O/c15-8-3-7(4-9(16)5-8)13-19-14(21-20-13)11-6-10(17)1-2-12(11)18/h1-6H,18H2. The average Bonchev–Trinajstić information content (AvgIpc) is 2.90. The van der Waals surface area contributed by atoms with Gasteiger partial charge in [-0.25, -0.2) is 4.39 Å². The Labute approximate surface area is 129 Å². The van der Waals surface area contributed by atoms with Gasteiger partial charge in [-0.2, -0.15) is 4.98 Å². The highest BCUT2D eigenvalue weighted by Gasteiger charge is 2.14. The van der Waals surface area contributed by atoms with Crippen LogP contribution >= 0.6 is 23.2 Å². The first kappa shape index (κ1) is 13.9. The quantitative estimate of drug-likeness (QED) is 0.708. The first-order valence-corrected chi connectivity index (χ1v) is 6.64. The summed E-state index contributed by atoms with van der Waals surface area (Å²) in [6, 6.07) is 8.82. The van der Waals surface area contributed by atoms with Gasteiger partial charge >= 0.3 is 0 Å². The van der Waals surface area contributed by atoms with E-state index in [2.05, 4.69) is 10.1 Å². The molecule has 2 aromatic carbocycles. The summed E-state index contributed by atoms with van der Waals surface area (Å²) in [6.45, 7) is 0. The van der Waals surface area contributed by atoms with Crippen LogP contribution in [-0.2, 0) is 0 Å². The topological polar surface area (TPSA) is 64.9 Å². The maximum atomic E-state index is 13.3. The van der Waals surface area contributed by atoms with Gasteiger partial charge in [0.25, 0.3) is 5.89 Å². The van der Waals surface area contributed by atoms with Crippen molar-refractivity contribution in [2.24, 2.45) is 0 Å². The molecule has 1 heterocycles. The van der Waals surface area contributed by atoms with Gasteiger partial charge in [-0.1, -0.05) is 28.4 Å². The number of nitrogens with zero attached hydrogens (tertiary/aromatic N) is 2. The zero-order valence-electron chi connectivity index (χ0n) is 10.5. The smallest absolute Gasteiger partial charge is 0.260 e. The molecule has 4 nitrogen and oxygen atoms in total. The fourth-order valence-electron chi connectivity index (χ4n) is 1.85. The molecule has 0 aliphatic carbocycles. The van der Waals surface area contributed by atoms with E-state index >= 15 is 0 Å². The average molecular weight is 324 g/mol. The van der Waals surface area contributed by atoms with Gasteiger partial charge in [-0.15, -0.1) is 0 Å². The zero-order chi connectivity index (χ0) is 15.0. The summed E-state index contributed by atoms with van der Waals surface area (Å²) in [6.07, 6.45) is 0. The van der Waals surface area contributed by atoms with E-state index in [4.69, 9.17) is 33.5 Å². The van der Waals surface area contributed by atoms with Gasteiger partial charge in [0, 0.05) is 21.3 Å². The number of rotatable bonds is 2. The highest BCUT2D eigenvalue weighted by Crippen LogP contribution is 2.29. The molecule has 0 amide bonds. The molecule has 1 aromatic heterocycles. The summed E-state index contributed by atoms with van der Waals surface area (Å²) in [5.74, 6) is -0.0269. The van der Waals surface area contributed by atoms with E-state index < -0.39 is 5.82 Å². The van der Waals surface area contributed by atoms with Gasteiger partial charge in [-0.3, -0.25) is 0 Å². The predicted molar refractivity (Wildman–Crippen MR) is 79.6 cm³/mol. The SMILES string of the molecule is Nc1ccc(F)cc1-c1nc(-c2cc(Cl)cc(Cl)c2)no1. The normalized spacial score (nSPS) is 10.8. The lowest BCUT2D eigenvalue weighted by Gasteiger charge is -1.99. The molecular formula is C14H8Cl2FN3O. The van der Waals surface area contributed by atoms with Gasteiger partial charge in [0.05, 0.1) is 5.56 Å². The molecule has 3 rings (SSSR count). The van der Waals surface area contributed by atoms with Crippen molar-refractivity contribution in [1.29, 1.82) is 0 Å². The predicted octanol–water partition coefficient (Wildman–Crippen LogP) is 4.43. The summed E-state index contributed by atoms with van der Waals surface area (Å²) < 4.78 is 18.4. The Kier molecular flexibility index (Phi) is 3.53. The van der Waals surface area contributed by atoms with E-state index in [9.17, 15) is 4.39 Å². The largest absolute Gasteiger partial charge is 0.398 e. The van der Waals surface area contributed by atoms with Crippen molar-refractivity contribution in [3.8, 4) is 22.8 Å². The van der Waals surface area contributed by atoms with Gasteiger partial charge in [0.1, 0.15) is 5.82 Å². The van der Waals surface area contributed by atoms with Crippen LogP contribution in [-0.4, -0.2) is 10.1 Å². The first-order chi connectivity index (χ1) is 10.0. The molecule has 0 fully saturated rings. The second kappa shape index (κ2) is 5.35. The van der Waals surface area contributed by atoms with Crippen LogP contribution in [0.15, 0.2) is 40.9 Å². The number of aromatic nitrogens is 2. The molecule has 106 valence electrons. The van der Waals surface area contributed by atoms with Crippen LogP contribution in [0.1, 0.15) is 0 Å². The Balaban J connectivity index is 2.05. The second-order valence-electron chi connectivity index (χ2n) is 4.31. The fraction of sp³-hybridized carbons (Fsp3) is 0. The Morgan fingerprint density at radius 3 is 2.48 bits per heavy atom. The van der Waals surface area contributed by atoms with E-state index in [0.717, 1.165) is 0 Å². The number of nitrogen functional groups attached to an aromatic ring is 1. The molecular weight excluding hydrogens is 316 g/mol. The van der Waals surface area contributed by atoms with Crippen LogP contribution in [0.4, 0.5) is 10.1 Å². The van der Waals surface area contributed by atoms with Crippen LogP contribution in [0.3, 0.4) is 0 Å². The van der Waals surface area contributed by atoms with Crippen molar-refractivity contribution < 1.29 is 8.91 Å². The molecule has 3 aromatic rings. The van der Waals surface area contributed by atoms with Gasteiger partial charge in [0.2, 0.25) is 5.82 Å². The number of hydrogen-bond donors (Lipinski definition) is 1. The highest BCUT2D eigenvalue weighted by molar-refractivity contribution is 6.35. The third-order valence-electron chi connectivity index (χ3n) is 2.79. The molecule has 0 radical (unpaired) electrons. The van der Waals surface area contributed by atoms with Crippen molar-refractivity contribution in [3.05, 3.63) is 52.3 Å². The van der Waals surface area contributed by atoms with Crippen molar-refractivity contribution >= 4 is 28.9 Å². The van der Waals surface area contributed by atoms with Crippen LogP contribution < -0.4 is 5.73 Å². The molecule has 0 saturated heterocycles. The molecule has 0 atom stereocenters. The minimum atomic E-state index is -0.440. The molecule has 0 aliphatic heterocycles. The molecule has 0 bridgehead atoms. The summed E-state index contributed by atoms with van der Waals surface area (Å²) in [5.41, 5.74) is 7.05.